The molecule has 1 aliphatic rings. The lowest BCUT2D eigenvalue weighted by atomic mass is 9.62. The molecule has 1 N–H and O–H groups in total. The molecule has 0 aromatic heterocycles. The van der Waals surface area contributed by atoms with Crippen LogP contribution >= 0.6 is 0 Å². The highest BCUT2D eigenvalue weighted by atomic mass is 19.1. The topological polar surface area (TPSA) is 89.9 Å². The third kappa shape index (κ3) is 3.17. The Morgan fingerprint density at radius 2 is 1.88 bits per heavy atom. The Morgan fingerprint density at radius 3 is 2.42 bits per heavy atom. The number of Topliss-reactive ketones (excluding diaryl/α,β-unsaturated/α-hetero) is 1. The van der Waals surface area contributed by atoms with Crippen molar-refractivity contribution in [3.63, 3.8) is 0 Å². The van der Waals surface area contributed by atoms with Crippen molar-refractivity contribution in [3.05, 3.63) is 35.6 Å². The average Bonchev–Trinajstić information content (AvgIpc) is 2.52. The van der Waals surface area contributed by atoms with Crippen molar-refractivity contribution in [3.8, 4) is 0 Å². The van der Waals surface area contributed by atoms with Gasteiger partial charge in [0.25, 0.3) is 0 Å². The van der Waals surface area contributed by atoms with E-state index in [9.17, 15) is 23.9 Å². The van der Waals surface area contributed by atoms with Crippen LogP contribution < -0.4 is 0 Å². The number of hydrogen-bond donors (Lipinski definition) is 1. The standard InChI is InChI=1S/C17H19FO6/c1-17(22)8-11(19)13(15(20)23-2)12(14(17)16(21)24-3)9-5-4-6-10(18)7-9/h4-7,12-14,22H,8H2,1-3H3/t12-,13-,14+,17-/m1/s1. The summed E-state index contributed by atoms with van der Waals surface area (Å²) in [4.78, 5) is 36.8. The van der Waals surface area contributed by atoms with Crippen LogP contribution in [0.25, 0.3) is 0 Å². The van der Waals surface area contributed by atoms with Crippen molar-refractivity contribution in [2.24, 2.45) is 11.8 Å². The van der Waals surface area contributed by atoms with Crippen LogP contribution in [0, 0.1) is 17.7 Å². The van der Waals surface area contributed by atoms with E-state index in [0.717, 1.165) is 20.3 Å². The summed E-state index contributed by atoms with van der Waals surface area (Å²) in [5, 5.41) is 10.6. The number of rotatable bonds is 3. The largest absolute Gasteiger partial charge is 0.469 e. The molecule has 0 heterocycles. The Labute approximate surface area is 138 Å². The Morgan fingerprint density at radius 1 is 1.25 bits per heavy atom. The lowest BCUT2D eigenvalue weighted by molar-refractivity contribution is -0.170. The molecule has 0 radical (unpaired) electrons. The summed E-state index contributed by atoms with van der Waals surface area (Å²) < 4.78 is 23.1. The van der Waals surface area contributed by atoms with Gasteiger partial charge in [-0.1, -0.05) is 12.1 Å². The molecule has 130 valence electrons. The van der Waals surface area contributed by atoms with Gasteiger partial charge in [0.1, 0.15) is 11.7 Å². The van der Waals surface area contributed by atoms with Crippen LogP contribution in [0.3, 0.4) is 0 Å². The third-order valence-electron chi connectivity index (χ3n) is 4.41. The minimum atomic E-state index is -1.73. The number of ether oxygens (including phenoxy) is 2. The summed E-state index contributed by atoms with van der Waals surface area (Å²) in [6.07, 6.45) is -0.404. The van der Waals surface area contributed by atoms with E-state index in [0.29, 0.717) is 0 Å². The molecule has 0 unspecified atom stereocenters. The lowest BCUT2D eigenvalue weighted by Gasteiger charge is -2.43. The molecule has 1 aromatic carbocycles. The normalized spacial score (nSPS) is 29.9. The molecule has 4 atom stereocenters. The van der Waals surface area contributed by atoms with Crippen molar-refractivity contribution in [1.29, 1.82) is 0 Å². The number of ketones is 1. The van der Waals surface area contributed by atoms with Crippen molar-refractivity contribution >= 4 is 17.7 Å². The Kier molecular flexibility index (Phi) is 5.03. The lowest BCUT2D eigenvalue weighted by Crippen LogP contribution is -2.55. The summed E-state index contributed by atoms with van der Waals surface area (Å²) in [5.41, 5.74) is -1.49. The second-order valence-corrected chi connectivity index (χ2v) is 6.08. The number of benzene rings is 1. The van der Waals surface area contributed by atoms with E-state index in [4.69, 9.17) is 4.74 Å². The fraction of sp³-hybridized carbons (Fsp3) is 0.471. The van der Waals surface area contributed by atoms with Gasteiger partial charge in [-0.2, -0.15) is 0 Å². The first-order valence-electron chi connectivity index (χ1n) is 7.39. The second kappa shape index (κ2) is 6.68. The van der Waals surface area contributed by atoms with Crippen LogP contribution in [0.5, 0.6) is 0 Å². The molecule has 7 heteroatoms. The van der Waals surface area contributed by atoms with Gasteiger partial charge in [-0.25, -0.2) is 4.39 Å². The van der Waals surface area contributed by atoms with E-state index >= 15 is 0 Å². The van der Waals surface area contributed by atoms with Gasteiger partial charge in [-0.15, -0.1) is 0 Å². The van der Waals surface area contributed by atoms with E-state index in [1.807, 2.05) is 0 Å². The minimum Gasteiger partial charge on any atom is -0.469 e. The molecule has 24 heavy (non-hydrogen) atoms. The molecular weight excluding hydrogens is 319 g/mol. The first-order chi connectivity index (χ1) is 11.2. The average molecular weight is 338 g/mol. The second-order valence-electron chi connectivity index (χ2n) is 6.08. The number of aliphatic hydroxyl groups is 1. The number of hydrogen-bond acceptors (Lipinski definition) is 6. The summed E-state index contributed by atoms with van der Waals surface area (Å²) in [6, 6.07) is 5.23. The highest BCUT2D eigenvalue weighted by molar-refractivity contribution is 6.02. The van der Waals surface area contributed by atoms with E-state index in [2.05, 4.69) is 4.74 Å². The van der Waals surface area contributed by atoms with Crippen molar-refractivity contribution in [2.45, 2.75) is 24.9 Å². The maximum absolute atomic E-state index is 13.7. The minimum absolute atomic E-state index is 0.245. The van der Waals surface area contributed by atoms with E-state index in [1.165, 1.54) is 25.1 Å². The van der Waals surface area contributed by atoms with Crippen molar-refractivity contribution in [2.75, 3.05) is 14.2 Å². The first-order valence-corrected chi connectivity index (χ1v) is 7.39. The number of carbonyl (C=O) groups excluding carboxylic acids is 3. The highest BCUT2D eigenvalue weighted by Gasteiger charge is 2.56. The number of methoxy groups -OCH3 is 2. The van der Waals surface area contributed by atoms with Gasteiger partial charge in [0.15, 0.2) is 5.78 Å². The van der Waals surface area contributed by atoms with E-state index in [-0.39, 0.29) is 5.56 Å². The van der Waals surface area contributed by atoms with Crippen LogP contribution in [-0.2, 0) is 23.9 Å². The molecule has 1 aromatic rings. The van der Waals surface area contributed by atoms with Gasteiger partial charge in [0, 0.05) is 12.3 Å². The highest BCUT2D eigenvalue weighted by Crippen LogP contribution is 2.46. The van der Waals surface area contributed by atoms with Crippen LogP contribution in [0.15, 0.2) is 24.3 Å². The van der Waals surface area contributed by atoms with E-state index in [1.54, 1.807) is 0 Å². The SMILES string of the molecule is COC(=O)[C@@H]1C(=O)C[C@@](C)(O)[C@H](C(=O)OC)[C@@H]1c1cccc(F)c1. The van der Waals surface area contributed by atoms with Crippen LogP contribution in [-0.4, -0.2) is 42.6 Å². The smallest absolute Gasteiger partial charge is 0.316 e. The fourth-order valence-electron chi connectivity index (χ4n) is 3.38. The number of carbonyl (C=O) groups is 3. The van der Waals surface area contributed by atoms with Crippen molar-refractivity contribution in [1.82, 2.24) is 0 Å². The summed E-state index contributed by atoms with van der Waals surface area (Å²) in [5.74, 6) is -6.39. The molecule has 0 aliphatic heterocycles. The summed E-state index contributed by atoms with van der Waals surface area (Å²) >= 11 is 0. The number of esters is 2. The van der Waals surface area contributed by atoms with Crippen LogP contribution in [0.1, 0.15) is 24.8 Å². The third-order valence-corrected chi connectivity index (χ3v) is 4.41. The van der Waals surface area contributed by atoms with Gasteiger partial charge < -0.3 is 14.6 Å². The van der Waals surface area contributed by atoms with Crippen LogP contribution in [0.2, 0.25) is 0 Å². The van der Waals surface area contributed by atoms with E-state index < -0.39 is 53.3 Å². The van der Waals surface area contributed by atoms with Gasteiger partial charge >= 0.3 is 11.9 Å². The predicted octanol–water partition coefficient (Wildman–Crippen LogP) is 1.21. The Hall–Kier alpha value is -2.28. The van der Waals surface area contributed by atoms with Gasteiger partial charge in [0.2, 0.25) is 0 Å². The predicted molar refractivity (Wildman–Crippen MR) is 80.4 cm³/mol. The molecule has 0 amide bonds. The van der Waals surface area contributed by atoms with Crippen LogP contribution in [0.4, 0.5) is 4.39 Å². The van der Waals surface area contributed by atoms with Crippen molar-refractivity contribution < 1.29 is 33.4 Å². The molecule has 1 saturated carbocycles. The summed E-state index contributed by atoms with van der Waals surface area (Å²) in [7, 11) is 2.27. The molecule has 0 bridgehead atoms. The fourth-order valence-corrected chi connectivity index (χ4v) is 3.38. The maximum Gasteiger partial charge on any atom is 0.316 e. The first kappa shape index (κ1) is 18.1. The maximum atomic E-state index is 13.7. The Bertz CT molecular complexity index is 669. The zero-order valence-corrected chi connectivity index (χ0v) is 13.6. The molecule has 6 nitrogen and oxygen atoms in total. The van der Waals surface area contributed by atoms with Gasteiger partial charge in [0.05, 0.1) is 25.7 Å². The monoisotopic (exact) mass is 338 g/mol. The molecule has 0 spiro atoms. The van der Waals surface area contributed by atoms with Gasteiger partial charge in [-0.3, -0.25) is 14.4 Å². The van der Waals surface area contributed by atoms with Gasteiger partial charge in [-0.05, 0) is 24.6 Å². The molecule has 2 rings (SSSR count). The number of halogens is 1. The summed E-state index contributed by atoms with van der Waals surface area (Å²) in [6.45, 7) is 1.33. The Balaban J connectivity index is 2.65. The quantitative estimate of drug-likeness (QED) is 0.658. The molecule has 1 aliphatic carbocycles. The zero-order chi connectivity index (χ0) is 18.1. The molecular formula is C17H19FO6. The zero-order valence-electron chi connectivity index (χ0n) is 13.6. The molecule has 0 saturated heterocycles. The molecule has 1 fully saturated rings.